The Labute approximate surface area is 121 Å². The van der Waals surface area contributed by atoms with Gasteiger partial charge in [0, 0.05) is 12.5 Å². The molecule has 0 saturated carbocycles. The van der Waals surface area contributed by atoms with Gasteiger partial charge in [0.15, 0.2) is 5.96 Å². The number of aliphatic imine (C=N–C) groups is 1. The Kier molecular flexibility index (Phi) is 9.63. The smallest absolute Gasteiger partial charge is 0.229 e. The molecular formula is C14H27N4O2. The van der Waals surface area contributed by atoms with E-state index in [4.69, 9.17) is 11.5 Å². The first-order chi connectivity index (χ1) is 9.38. The maximum Gasteiger partial charge on any atom is 0.229 e. The molecule has 2 atom stereocenters. The molecule has 0 rings (SSSR count). The summed E-state index contributed by atoms with van der Waals surface area (Å²) in [6.45, 7) is 5.78. The summed E-state index contributed by atoms with van der Waals surface area (Å²) in [4.78, 5) is 26.6. The topological polar surface area (TPSA) is 108 Å². The summed E-state index contributed by atoms with van der Waals surface area (Å²) in [6.07, 6.45) is 3.99. The standard InChI is InChI=1S/C14H27N4O2/c1-4-5-7-10(2)13(20)18-14(16)17-9-6-8-12(15)11(3)19/h10,12,15H,4-9H2,1-3H3,(H3,16,17,18,20). The van der Waals surface area contributed by atoms with Crippen molar-refractivity contribution in [2.75, 3.05) is 6.54 Å². The zero-order chi connectivity index (χ0) is 15.5. The molecule has 6 nitrogen and oxygen atoms in total. The summed E-state index contributed by atoms with van der Waals surface area (Å²) >= 11 is 0. The van der Waals surface area contributed by atoms with Crippen molar-refractivity contribution in [2.24, 2.45) is 16.6 Å². The van der Waals surface area contributed by atoms with Gasteiger partial charge in [-0.15, -0.1) is 0 Å². The van der Waals surface area contributed by atoms with Gasteiger partial charge in [-0.2, -0.15) is 0 Å². The summed E-state index contributed by atoms with van der Waals surface area (Å²) in [5.41, 5.74) is 13.1. The van der Waals surface area contributed by atoms with Crippen LogP contribution in [0.3, 0.4) is 0 Å². The van der Waals surface area contributed by atoms with Gasteiger partial charge in [-0.1, -0.05) is 26.7 Å². The molecule has 0 aromatic carbocycles. The highest BCUT2D eigenvalue weighted by Gasteiger charge is 2.13. The lowest BCUT2D eigenvalue weighted by Crippen LogP contribution is -2.40. The molecule has 6 heteroatoms. The van der Waals surface area contributed by atoms with Crippen molar-refractivity contribution in [3.05, 3.63) is 0 Å². The third kappa shape index (κ3) is 8.63. The Morgan fingerprint density at radius 2 is 1.95 bits per heavy atom. The van der Waals surface area contributed by atoms with Gasteiger partial charge in [-0.3, -0.25) is 19.9 Å². The van der Waals surface area contributed by atoms with Crippen molar-refractivity contribution in [3.8, 4) is 0 Å². The van der Waals surface area contributed by atoms with E-state index in [1.165, 1.54) is 6.92 Å². The highest BCUT2D eigenvalue weighted by Crippen LogP contribution is 2.07. The number of nitrogens with two attached hydrogens (primary N) is 1. The molecule has 0 aliphatic rings. The molecule has 1 amide bonds. The number of nitrogens with zero attached hydrogens (tertiary/aromatic N) is 1. The molecule has 1 radical (unpaired) electrons. The van der Waals surface area contributed by atoms with E-state index < -0.39 is 6.04 Å². The molecule has 0 bridgehead atoms. The average Bonchev–Trinajstić information content (AvgIpc) is 2.40. The van der Waals surface area contributed by atoms with Gasteiger partial charge in [0.05, 0.1) is 6.04 Å². The second-order valence-electron chi connectivity index (χ2n) is 5.10. The van der Waals surface area contributed by atoms with E-state index in [0.29, 0.717) is 19.4 Å². The number of hydrogen-bond acceptors (Lipinski definition) is 3. The van der Waals surface area contributed by atoms with Gasteiger partial charge < -0.3 is 5.73 Å². The number of guanidine groups is 1. The molecule has 115 valence electrons. The molecule has 0 aromatic heterocycles. The number of hydrogen-bond donors (Lipinski definition) is 2. The molecule has 0 aliphatic carbocycles. The monoisotopic (exact) mass is 283 g/mol. The minimum Gasteiger partial charge on any atom is -0.370 e. The van der Waals surface area contributed by atoms with Crippen LogP contribution in [0.5, 0.6) is 0 Å². The van der Waals surface area contributed by atoms with Crippen molar-refractivity contribution >= 4 is 17.6 Å². The minimum absolute atomic E-state index is 0.0703. The van der Waals surface area contributed by atoms with Gasteiger partial charge in [-0.25, -0.2) is 5.73 Å². The van der Waals surface area contributed by atoms with Gasteiger partial charge in [0.1, 0.15) is 5.78 Å². The van der Waals surface area contributed by atoms with Crippen LogP contribution < -0.4 is 16.8 Å². The molecular weight excluding hydrogens is 256 g/mol. The molecule has 0 spiro atoms. The van der Waals surface area contributed by atoms with E-state index in [0.717, 1.165) is 19.3 Å². The number of rotatable bonds is 9. The maximum atomic E-state index is 11.7. The number of Topliss-reactive ketones (excluding diaryl/α,β-unsaturated/α-hetero) is 1. The van der Waals surface area contributed by atoms with Gasteiger partial charge in [0.2, 0.25) is 5.91 Å². The number of carbonyl (C=O) groups is 2. The first-order valence-electron chi connectivity index (χ1n) is 7.20. The van der Waals surface area contributed by atoms with Crippen LogP contribution in [-0.4, -0.2) is 30.2 Å². The van der Waals surface area contributed by atoms with Crippen LogP contribution in [0.2, 0.25) is 0 Å². The van der Waals surface area contributed by atoms with Crippen molar-refractivity contribution < 1.29 is 9.59 Å². The van der Waals surface area contributed by atoms with Crippen molar-refractivity contribution in [1.29, 1.82) is 0 Å². The molecule has 0 aromatic rings. The van der Waals surface area contributed by atoms with Gasteiger partial charge in [0.25, 0.3) is 0 Å². The largest absolute Gasteiger partial charge is 0.370 e. The fourth-order valence-electron chi connectivity index (χ4n) is 1.63. The number of carbonyl (C=O) groups excluding carboxylic acids is 2. The Bertz CT molecular complexity index is 342. The highest BCUT2D eigenvalue weighted by atomic mass is 16.2. The third-order valence-corrected chi connectivity index (χ3v) is 3.11. The molecule has 20 heavy (non-hydrogen) atoms. The minimum atomic E-state index is -0.685. The number of nitrogens with one attached hydrogen (secondary N) is 2. The first-order valence-corrected chi connectivity index (χ1v) is 7.20. The highest BCUT2D eigenvalue weighted by molar-refractivity contribution is 5.96. The van der Waals surface area contributed by atoms with Crippen LogP contribution in [0.25, 0.3) is 0 Å². The predicted molar refractivity (Wildman–Crippen MR) is 80.1 cm³/mol. The lowest BCUT2D eigenvalue weighted by Gasteiger charge is -2.11. The normalized spacial score (nSPS) is 14.7. The predicted octanol–water partition coefficient (Wildman–Crippen LogP) is 1.26. The fourth-order valence-corrected chi connectivity index (χ4v) is 1.63. The average molecular weight is 283 g/mol. The van der Waals surface area contributed by atoms with Crippen LogP contribution in [0.1, 0.15) is 52.9 Å². The van der Waals surface area contributed by atoms with Crippen LogP contribution in [0.15, 0.2) is 4.99 Å². The van der Waals surface area contributed by atoms with E-state index in [1.54, 1.807) is 0 Å². The Morgan fingerprint density at radius 3 is 2.50 bits per heavy atom. The number of unbranched alkanes of at least 4 members (excludes halogenated alkanes) is 1. The van der Waals surface area contributed by atoms with Crippen LogP contribution in [-0.2, 0) is 9.59 Å². The molecule has 0 aliphatic heterocycles. The van der Waals surface area contributed by atoms with Crippen LogP contribution in [0, 0.1) is 5.92 Å². The molecule has 0 saturated heterocycles. The summed E-state index contributed by atoms with van der Waals surface area (Å²) < 4.78 is 0. The van der Waals surface area contributed by atoms with Gasteiger partial charge in [-0.05, 0) is 26.2 Å². The fraction of sp³-hybridized carbons (Fsp3) is 0.786. The summed E-state index contributed by atoms with van der Waals surface area (Å²) in [7, 11) is 0. The number of amides is 1. The van der Waals surface area contributed by atoms with Gasteiger partial charge >= 0.3 is 0 Å². The molecule has 0 heterocycles. The SMILES string of the molecule is CCCCC(C)C(=O)NC(N)=NCCCC([NH])C(C)=O. The quantitative estimate of drug-likeness (QED) is 0.378. The lowest BCUT2D eigenvalue weighted by molar-refractivity contribution is -0.123. The van der Waals surface area contributed by atoms with E-state index >= 15 is 0 Å². The Hall–Kier alpha value is -1.43. The zero-order valence-electron chi connectivity index (χ0n) is 12.7. The Balaban J connectivity index is 3.95. The molecule has 2 unspecified atom stereocenters. The lowest BCUT2D eigenvalue weighted by atomic mass is 10.0. The van der Waals surface area contributed by atoms with Crippen LogP contribution in [0.4, 0.5) is 0 Å². The van der Waals surface area contributed by atoms with Crippen LogP contribution >= 0.6 is 0 Å². The summed E-state index contributed by atoms with van der Waals surface area (Å²) in [5.74, 6) is -0.205. The van der Waals surface area contributed by atoms with E-state index in [-0.39, 0.29) is 23.6 Å². The van der Waals surface area contributed by atoms with Crippen molar-refractivity contribution in [1.82, 2.24) is 11.1 Å². The molecule has 0 fully saturated rings. The van der Waals surface area contributed by atoms with E-state index in [1.807, 2.05) is 6.92 Å². The summed E-state index contributed by atoms with van der Waals surface area (Å²) in [5, 5.41) is 2.57. The zero-order valence-corrected chi connectivity index (χ0v) is 12.7. The molecule has 4 N–H and O–H groups in total. The maximum absolute atomic E-state index is 11.7. The Morgan fingerprint density at radius 1 is 1.30 bits per heavy atom. The van der Waals surface area contributed by atoms with E-state index in [9.17, 15) is 9.59 Å². The second-order valence-corrected chi connectivity index (χ2v) is 5.10. The second kappa shape index (κ2) is 10.4. The number of ketones is 1. The van der Waals surface area contributed by atoms with E-state index in [2.05, 4.69) is 17.2 Å². The first kappa shape index (κ1) is 18.6. The van der Waals surface area contributed by atoms with Crippen molar-refractivity contribution in [3.63, 3.8) is 0 Å². The third-order valence-electron chi connectivity index (χ3n) is 3.11. The van der Waals surface area contributed by atoms with Crippen molar-refractivity contribution in [2.45, 2.75) is 58.9 Å². The summed E-state index contributed by atoms with van der Waals surface area (Å²) in [6, 6.07) is -0.685.